The number of rotatable bonds is 5. The highest BCUT2D eigenvalue weighted by atomic mass is 32.2. The van der Waals surface area contributed by atoms with Gasteiger partial charge < -0.3 is 9.64 Å². The third kappa shape index (κ3) is 4.18. The first-order valence-electron chi connectivity index (χ1n) is 11.8. The summed E-state index contributed by atoms with van der Waals surface area (Å²) < 4.78 is 32.7. The van der Waals surface area contributed by atoms with Crippen molar-refractivity contribution in [1.82, 2.24) is 24.5 Å². The molecule has 0 radical (unpaired) electrons. The van der Waals surface area contributed by atoms with Gasteiger partial charge in [-0.1, -0.05) is 18.2 Å². The highest BCUT2D eigenvalue weighted by Crippen LogP contribution is 2.31. The molecule has 0 bridgehead atoms. The van der Waals surface area contributed by atoms with E-state index in [1.54, 1.807) is 22.8 Å². The number of nitrogens with zero attached hydrogens (tertiary/aromatic N) is 5. The van der Waals surface area contributed by atoms with Gasteiger partial charge in [0, 0.05) is 37.6 Å². The van der Waals surface area contributed by atoms with E-state index < -0.39 is 10.0 Å². The Kier molecular flexibility index (Phi) is 5.71. The van der Waals surface area contributed by atoms with Gasteiger partial charge in [-0.3, -0.25) is 5.10 Å². The lowest BCUT2D eigenvalue weighted by molar-refractivity contribution is 0.122. The van der Waals surface area contributed by atoms with Crippen molar-refractivity contribution in [1.29, 1.82) is 0 Å². The van der Waals surface area contributed by atoms with Crippen LogP contribution < -0.4 is 4.90 Å². The van der Waals surface area contributed by atoms with E-state index in [9.17, 15) is 8.42 Å². The van der Waals surface area contributed by atoms with Crippen LogP contribution in [0.15, 0.2) is 59.8 Å². The molecule has 0 atom stereocenters. The van der Waals surface area contributed by atoms with Crippen LogP contribution in [0.2, 0.25) is 0 Å². The van der Waals surface area contributed by atoms with E-state index in [-0.39, 0.29) is 0 Å². The van der Waals surface area contributed by atoms with Crippen LogP contribution >= 0.6 is 0 Å². The van der Waals surface area contributed by atoms with E-state index in [0.717, 1.165) is 65.2 Å². The summed E-state index contributed by atoms with van der Waals surface area (Å²) in [6, 6.07) is 15.1. The first-order valence-corrected chi connectivity index (χ1v) is 13.3. The second kappa shape index (κ2) is 9.03. The Hall–Kier alpha value is -3.34. The Morgan fingerprint density at radius 1 is 0.857 bits per heavy atom. The van der Waals surface area contributed by atoms with Crippen molar-refractivity contribution >= 4 is 26.7 Å². The molecule has 4 heterocycles. The summed E-state index contributed by atoms with van der Waals surface area (Å²) in [5.41, 5.74) is 4.33. The number of aromatic nitrogens is 4. The molecule has 35 heavy (non-hydrogen) atoms. The maximum absolute atomic E-state index is 12.9. The second-order valence-electron chi connectivity index (χ2n) is 8.83. The summed E-state index contributed by atoms with van der Waals surface area (Å²) in [6.45, 7) is 4.16. The van der Waals surface area contributed by atoms with Crippen LogP contribution in [-0.4, -0.2) is 72.3 Å². The standard InChI is InChI=1S/C25H26N6O3S/c32-35(33,31-9-1-2-10-31)20-6-3-18(4-7-20)19-5-8-22-21(15-19)25(29-28-22)23-16-24(27-17-26-23)30-11-13-34-14-12-30/h3-8,15-17H,1-2,9-14H2,(H,28,29). The van der Waals surface area contributed by atoms with Crippen LogP contribution in [0.4, 0.5) is 5.82 Å². The zero-order valence-corrected chi connectivity index (χ0v) is 20.0. The number of sulfonamides is 1. The van der Waals surface area contributed by atoms with Crippen molar-refractivity contribution in [3.05, 3.63) is 54.9 Å². The van der Waals surface area contributed by atoms with Crippen molar-refractivity contribution in [2.24, 2.45) is 0 Å². The molecule has 0 saturated carbocycles. The summed E-state index contributed by atoms with van der Waals surface area (Å²) in [7, 11) is -3.43. The zero-order valence-electron chi connectivity index (χ0n) is 19.2. The molecule has 180 valence electrons. The molecule has 10 heteroatoms. The van der Waals surface area contributed by atoms with Gasteiger partial charge in [0.05, 0.1) is 29.3 Å². The number of hydrogen-bond acceptors (Lipinski definition) is 7. The van der Waals surface area contributed by atoms with Crippen LogP contribution in [-0.2, 0) is 14.8 Å². The normalized spacial score (nSPS) is 17.3. The third-order valence-electron chi connectivity index (χ3n) is 6.68. The SMILES string of the molecule is O=S(=O)(c1ccc(-c2ccc3[nH]nc(-c4cc(N5CCOCC5)ncn4)c3c2)cc1)N1CCCC1. The number of H-pyrrole nitrogens is 1. The lowest BCUT2D eigenvalue weighted by Gasteiger charge is -2.27. The fourth-order valence-corrected chi connectivity index (χ4v) is 6.24. The molecule has 1 N–H and O–H groups in total. The fourth-order valence-electron chi connectivity index (χ4n) is 4.73. The minimum absolute atomic E-state index is 0.338. The van der Waals surface area contributed by atoms with Crippen LogP contribution in [0.3, 0.4) is 0 Å². The van der Waals surface area contributed by atoms with E-state index in [1.165, 1.54) is 0 Å². The summed E-state index contributed by atoms with van der Waals surface area (Å²) in [5, 5.41) is 8.58. The first kappa shape index (κ1) is 22.1. The molecule has 2 fully saturated rings. The molecule has 2 aliphatic rings. The van der Waals surface area contributed by atoms with E-state index >= 15 is 0 Å². The largest absolute Gasteiger partial charge is 0.378 e. The molecular weight excluding hydrogens is 464 g/mol. The Balaban J connectivity index is 1.32. The second-order valence-corrected chi connectivity index (χ2v) is 10.8. The summed E-state index contributed by atoms with van der Waals surface area (Å²) in [5.74, 6) is 0.861. The maximum Gasteiger partial charge on any atom is 0.243 e. The van der Waals surface area contributed by atoms with Gasteiger partial charge >= 0.3 is 0 Å². The van der Waals surface area contributed by atoms with Gasteiger partial charge in [0.2, 0.25) is 10.0 Å². The molecule has 2 aromatic carbocycles. The molecule has 2 aromatic heterocycles. The molecule has 0 amide bonds. The summed E-state index contributed by atoms with van der Waals surface area (Å²) >= 11 is 0. The minimum atomic E-state index is -3.43. The molecule has 2 saturated heterocycles. The topological polar surface area (TPSA) is 104 Å². The van der Waals surface area contributed by atoms with Gasteiger partial charge in [0.1, 0.15) is 17.8 Å². The lowest BCUT2D eigenvalue weighted by Crippen LogP contribution is -2.36. The number of fused-ring (bicyclic) bond motifs is 1. The summed E-state index contributed by atoms with van der Waals surface area (Å²) in [4.78, 5) is 11.5. The summed E-state index contributed by atoms with van der Waals surface area (Å²) in [6.07, 6.45) is 3.42. The Labute approximate surface area is 203 Å². The Morgan fingerprint density at radius 2 is 1.60 bits per heavy atom. The number of hydrogen-bond donors (Lipinski definition) is 1. The van der Waals surface area contributed by atoms with Gasteiger partial charge in [-0.25, -0.2) is 18.4 Å². The number of nitrogens with one attached hydrogen (secondary N) is 1. The number of morpholine rings is 1. The number of aromatic amines is 1. The van der Waals surface area contributed by atoms with Crippen molar-refractivity contribution in [3.63, 3.8) is 0 Å². The smallest absolute Gasteiger partial charge is 0.243 e. The minimum Gasteiger partial charge on any atom is -0.378 e. The van der Waals surface area contributed by atoms with Crippen molar-refractivity contribution in [3.8, 4) is 22.5 Å². The van der Waals surface area contributed by atoms with Gasteiger partial charge in [-0.05, 0) is 48.2 Å². The van der Waals surface area contributed by atoms with Crippen molar-refractivity contribution < 1.29 is 13.2 Å². The van der Waals surface area contributed by atoms with Crippen LogP contribution in [0.5, 0.6) is 0 Å². The predicted octanol–water partition coefficient (Wildman–Crippen LogP) is 3.31. The Morgan fingerprint density at radius 3 is 2.37 bits per heavy atom. The fraction of sp³-hybridized carbons (Fsp3) is 0.320. The van der Waals surface area contributed by atoms with E-state index in [0.29, 0.717) is 31.2 Å². The highest BCUT2D eigenvalue weighted by Gasteiger charge is 2.27. The lowest BCUT2D eigenvalue weighted by atomic mass is 10.0. The molecule has 9 nitrogen and oxygen atoms in total. The monoisotopic (exact) mass is 490 g/mol. The first-order chi connectivity index (χ1) is 17.1. The molecule has 0 aliphatic carbocycles. The van der Waals surface area contributed by atoms with Crippen LogP contribution in [0, 0.1) is 0 Å². The van der Waals surface area contributed by atoms with Gasteiger partial charge in [0.15, 0.2) is 0 Å². The van der Waals surface area contributed by atoms with Crippen LogP contribution in [0.1, 0.15) is 12.8 Å². The van der Waals surface area contributed by atoms with E-state index in [4.69, 9.17) is 4.74 Å². The van der Waals surface area contributed by atoms with Gasteiger partial charge in [-0.15, -0.1) is 0 Å². The van der Waals surface area contributed by atoms with E-state index in [1.807, 2.05) is 30.3 Å². The molecular formula is C25H26N6O3S. The average Bonchev–Trinajstić information content (AvgIpc) is 3.60. The maximum atomic E-state index is 12.9. The molecule has 4 aromatic rings. The number of benzene rings is 2. The molecule has 0 spiro atoms. The molecule has 6 rings (SSSR count). The van der Waals surface area contributed by atoms with Crippen LogP contribution in [0.25, 0.3) is 33.4 Å². The Bertz CT molecular complexity index is 1460. The number of anilines is 1. The third-order valence-corrected chi connectivity index (χ3v) is 8.60. The van der Waals surface area contributed by atoms with Gasteiger partial charge in [-0.2, -0.15) is 9.40 Å². The van der Waals surface area contributed by atoms with Gasteiger partial charge in [0.25, 0.3) is 0 Å². The van der Waals surface area contributed by atoms with E-state index in [2.05, 4.69) is 31.1 Å². The van der Waals surface area contributed by atoms with Crippen molar-refractivity contribution in [2.45, 2.75) is 17.7 Å². The molecule has 0 unspecified atom stereocenters. The highest BCUT2D eigenvalue weighted by molar-refractivity contribution is 7.89. The quantitative estimate of drug-likeness (QED) is 0.458. The average molecular weight is 491 g/mol. The predicted molar refractivity (Wildman–Crippen MR) is 134 cm³/mol. The zero-order chi connectivity index (χ0) is 23.8. The van der Waals surface area contributed by atoms with Crippen molar-refractivity contribution in [2.75, 3.05) is 44.3 Å². The molecule has 2 aliphatic heterocycles. The number of ether oxygens (including phenoxy) is 1.